The number of rotatable bonds is 7. The van der Waals surface area contributed by atoms with Crippen molar-refractivity contribution in [1.29, 1.82) is 0 Å². The van der Waals surface area contributed by atoms with E-state index in [0.29, 0.717) is 11.3 Å². The molecule has 0 radical (unpaired) electrons. The van der Waals surface area contributed by atoms with Crippen molar-refractivity contribution in [3.8, 4) is 11.3 Å². The molecule has 2 N–H and O–H groups in total. The first-order valence-electron chi connectivity index (χ1n) is 10.1. The quantitative estimate of drug-likeness (QED) is 0.306. The summed E-state index contributed by atoms with van der Waals surface area (Å²) in [7, 11) is 0. The predicted octanol–water partition coefficient (Wildman–Crippen LogP) is 4.63. The molecule has 174 valence electrons. The van der Waals surface area contributed by atoms with Crippen LogP contribution in [-0.2, 0) is 11.4 Å². The van der Waals surface area contributed by atoms with E-state index in [1.165, 1.54) is 0 Å². The monoisotopic (exact) mass is 468 g/mol. The summed E-state index contributed by atoms with van der Waals surface area (Å²) in [5.41, 5.74) is 4.02. The van der Waals surface area contributed by atoms with E-state index in [0.717, 1.165) is 22.5 Å². The van der Waals surface area contributed by atoms with Crippen LogP contribution in [0.5, 0.6) is 0 Å². The molecule has 11 heteroatoms. The number of pyridine rings is 2. The molecule has 0 aliphatic rings. The Kier molecular flexibility index (Phi) is 6.72. The first-order chi connectivity index (χ1) is 16.4. The number of fused-ring (bicyclic) bond motifs is 1. The number of amides is 2. The number of hydrogen-bond acceptors (Lipinski definition) is 5. The third-order valence-corrected chi connectivity index (χ3v) is 4.62. The van der Waals surface area contributed by atoms with Crippen molar-refractivity contribution in [2.75, 3.05) is 11.9 Å². The Hall–Kier alpha value is -4.41. The lowest BCUT2D eigenvalue weighted by Gasteiger charge is -2.10. The van der Waals surface area contributed by atoms with Crippen LogP contribution in [0.1, 0.15) is 11.3 Å². The van der Waals surface area contributed by atoms with E-state index >= 15 is 0 Å². The fraction of sp³-hybridized carbons (Fsp3) is 0.130. The molecule has 34 heavy (non-hydrogen) atoms. The molecule has 8 nitrogen and oxygen atoms in total. The molecule has 0 saturated carbocycles. The molecule has 2 amide bonds. The zero-order chi connectivity index (χ0) is 24.0. The molecule has 1 aromatic carbocycles. The Morgan fingerprint density at radius 2 is 2.00 bits per heavy atom. The fourth-order valence-electron chi connectivity index (χ4n) is 3.09. The molecule has 4 aromatic rings. The van der Waals surface area contributed by atoms with Crippen molar-refractivity contribution in [3.05, 3.63) is 84.4 Å². The molecule has 3 aromatic heterocycles. The number of urea groups is 1. The zero-order valence-corrected chi connectivity index (χ0v) is 17.7. The normalized spacial score (nSPS) is 11.6. The fourth-order valence-corrected chi connectivity index (χ4v) is 3.09. The second-order valence-corrected chi connectivity index (χ2v) is 7.16. The van der Waals surface area contributed by atoms with E-state index < -0.39 is 18.8 Å². The van der Waals surface area contributed by atoms with Crippen LogP contribution in [0.3, 0.4) is 0 Å². The summed E-state index contributed by atoms with van der Waals surface area (Å²) in [6.07, 6.45) is 2.25. The van der Waals surface area contributed by atoms with Gasteiger partial charge < -0.3 is 15.5 Å². The maximum atomic E-state index is 12.3. The third-order valence-electron chi connectivity index (χ3n) is 4.62. The van der Waals surface area contributed by atoms with Gasteiger partial charge in [-0.05, 0) is 36.4 Å². The van der Waals surface area contributed by atoms with E-state index in [-0.39, 0.29) is 6.61 Å². The van der Waals surface area contributed by atoms with Gasteiger partial charge >= 0.3 is 12.2 Å². The predicted molar refractivity (Wildman–Crippen MR) is 120 cm³/mol. The topological polar surface area (TPSA) is 92.9 Å². The van der Waals surface area contributed by atoms with Crippen LogP contribution >= 0.6 is 0 Å². The molecule has 4 rings (SSSR count). The van der Waals surface area contributed by atoms with Gasteiger partial charge in [-0.25, -0.2) is 9.78 Å². The summed E-state index contributed by atoms with van der Waals surface area (Å²) < 4.78 is 38.6. The minimum Gasteiger partial charge on any atom is -0.389 e. The number of alkyl halides is 3. The minimum absolute atomic E-state index is 0.256. The standard InChI is InChI=1S/C23H19F3N6O2/c24-23(25,26)15-29-22(33)31-18-6-3-4-17(11-18)20-13-28-21-10-16(7-9-32(20)21)12-30-34-14-19-5-1-2-8-27-19/h1-13H,14-15H2,(H2,29,31,33). The van der Waals surface area contributed by atoms with Gasteiger partial charge in [0.1, 0.15) is 12.2 Å². The molecule has 0 fully saturated rings. The number of oxime groups is 1. The van der Waals surface area contributed by atoms with E-state index in [1.807, 2.05) is 47.0 Å². The van der Waals surface area contributed by atoms with Gasteiger partial charge in [-0.2, -0.15) is 13.2 Å². The van der Waals surface area contributed by atoms with Crippen LogP contribution in [0.25, 0.3) is 16.9 Å². The van der Waals surface area contributed by atoms with Gasteiger partial charge in [0.05, 0.1) is 23.8 Å². The second-order valence-electron chi connectivity index (χ2n) is 7.16. The van der Waals surface area contributed by atoms with Crippen LogP contribution < -0.4 is 10.6 Å². The summed E-state index contributed by atoms with van der Waals surface area (Å²) in [4.78, 5) is 25.6. The molecular weight excluding hydrogens is 449 g/mol. The summed E-state index contributed by atoms with van der Waals surface area (Å²) >= 11 is 0. The van der Waals surface area contributed by atoms with Gasteiger partial charge in [-0.15, -0.1) is 0 Å². The van der Waals surface area contributed by atoms with Crippen molar-refractivity contribution in [2.24, 2.45) is 5.16 Å². The molecule has 3 heterocycles. The van der Waals surface area contributed by atoms with E-state index in [1.54, 1.807) is 42.1 Å². The van der Waals surface area contributed by atoms with Crippen LogP contribution in [0.15, 0.2) is 78.3 Å². The van der Waals surface area contributed by atoms with Gasteiger partial charge in [-0.3, -0.25) is 9.38 Å². The van der Waals surface area contributed by atoms with Crippen molar-refractivity contribution in [2.45, 2.75) is 12.8 Å². The number of nitrogens with one attached hydrogen (secondary N) is 2. The van der Waals surface area contributed by atoms with Gasteiger partial charge in [-0.1, -0.05) is 23.4 Å². The number of anilines is 1. The molecule has 0 aliphatic carbocycles. The molecule has 0 spiro atoms. The number of halogens is 3. The Balaban J connectivity index is 1.43. The Labute approximate surface area is 192 Å². The highest BCUT2D eigenvalue weighted by Crippen LogP contribution is 2.24. The van der Waals surface area contributed by atoms with Crippen molar-refractivity contribution < 1.29 is 22.8 Å². The summed E-state index contributed by atoms with van der Waals surface area (Å²) in [5.74, 6) is 0. The van der Waals surface area contributed by atoms with Crippen LogP contribution in [0.4, 0.5) is 23.7 Å². The summed E-state index contributed by atoms with van der Waals surface area (Å²) in [6, 6.07) is 15.0. The van der Waals surface area contributed by atoms with Gasteiger partial charge in [0.2, 0.25) is 0 Å². The van der Waals surface area contributed by atoms with E-state index in [9.17, 15) is 18.0 Å². The molecule has 0 saturated heterocycles. The minimum atomic E-state index is -4.48. The molecule has 0 aliphatic heterocycles. The third kappa shape index (κ3) is 6.09. The van der Waals surface area contributed by atoms with Crippen LogP contribution in [0, 0.1) is 0 Å². The summed E-state index contributed by atoms with van der Waals surface area (Å²) in [5, 5.41) is 8.13. The average molecular weight is 468 g/mol. The SMILES string of the molecule is O=C(NCC(F)(F)F)Nc1cccc(-c2cnc3cc(C=NOCc4ccccn4)ccn23)c1. The highest BCUT2D eigenvalue weighted by Gasteiger charge is 2.27. The largest absolute Gasteiger partial charge is 0.405 e. The lowest BCUT2D eigenvalue weighted by molar-refractivity contribution is -0.122. The lowest BCUT2D eigenvalue weighted by atomic mass is 10.1. The van der Waals surface area contributed by atoms with Gasteiger partial charge in [0.15, 0.2) is 6.61 Å². The first kappa shape index (κ1) is 22.8. The van der Waals surface area contributed by atoms with Crippen molar-refractivity contribution in [3.63, 3.8) is 0 Å². The average Bonchev–Trinajstić information content (AvgIpc) is 3.24. The number of carbonyl (C=O) groups excluding carboxylic acids is 1. The Morgan fingerprint density at radius 3 is 2.79 bits per heavy atom. The number of nitrogens with zero attached hydrogens (tertiary/aromatic N) is 4. The smallest absolute Gasteiger partial charge is 0.389 e. The maximum Gasteiger partial charge on any atom is 0.405 e. The van der Waals surface area contributed by atoms with Crippen molar-refractivity contribution >= 4 is 23.6 Å². The van der Waals surface area contributed by atoms with Crippen LogP contribution in [-0.4, -0.2) is 39.3 Å². The second kappa shape index (κ2) is 10.0. The molecular formula is C23H19F3N6O2. The van der Waals surface area contributed by atoms with Crippen LogP contribution in [0.2, 0.25) is 0 Å². The van der Waals surface area contributed by atoms with Crippen molar-refractivity contribution in [1.82, 2.24) is 19.7 Å². The Bertz CT molecular complexity index is 1310. The Morgan fingerprint density at radius 1 is 1.12 bits per heavy atom. The first-order valence-corrected chi connectivity index (χ1v) is 10.1. The molecule has 0 atom stereocenters. The number of hydrogen-bond donors (Lipinski definition) is 2. The number of aromatic nitrogens is 3. The molecule has 0 bridgehead atoms. The zero-order valence-electron chi connectivity index (χ0n) is 17.7. The van der Waals surface area contributed by atoms with E-state index in [2.05, 4.69) is 20.4 Å². The number of imidazole rings is 1. The van der Waals surface area contributed by atoms with Gasteiger partial charge in [0, 0.05) is 29.2 Å². The van der Waals surface area contributed by atoms with E-state index in [4.69, 9.17) is 4.84 Å². The highest BCUT2D eigenvalue weighted by atomic mass is 19.4. The maximum absolute atomic E-state index is 12.3. The highest BCUT2D eigenvalue weighted by molar-refractivity contribution is 5.90. The lowest BCUT2D eigenvalue weighted by Crippen LogP contribution is -2.36. The number of carbonyl (C=O) groups is 1. The summed E-state index contributed by atoms with van der Waals surface area (Å²) in [6.45, 7) is -1.16. The molecule has 0 unspecified atom stereocenters. The van der Waals surface area contributed by atoms with Gasteiger partial charge in [0.25, 0.3) is 0 Å². The number of benzene rings is 1.